The molecule has 118 valence electrons. The van der Waals surface area contributed by atoms with Crippen LogP contribution in [0.25, 0.3) is 0 Å². The Balaban J connectivity index is 2.09. The number of hydrogen-bond acceptors (Lipinski definition) is 4. The van der Waals surface area contributed by atoms with Crippen LogP contribution >= 0.6 is 35.0 Å². The maximum atomic E-state index is 11.6. The first-order valence-electron chi connectivity index (χ1n) is 7.09. The molecule has 0 aliphatic carbocycles. The molecule has 1 saturated heterocycles. The van der Waals surface area contributed by atoms with Crippen LogP contribution in [0.3, 0.4) is 0 Å². The molecule has 7 heteroatoms. The highest BCUT2D eigenvalue weighted by molar-refractivity contribution is 8.00. The summed E-state index contributed by atoms with van der Waals surface area (Å²) in [5, 5.41) is 16.8. The third-order valence-corrected chi connectivity index (χ3v) is 6.55. The lowest BCUT2D eigenvalue weighted by Crippen LogP contribution is -2.49. The minimum atomic E-state index is -1.15. The van der Waals surface area contributed by atoms with E-state index in [-0.39, 0.29) is 4.75 Å². The van der Waals surface area contributed by atoms with E-state index in [2.05, 4.69) is 17.0 Å². The summed E-state index contributed by atoms with van der Waals surface area (Å²) in [5.74, 6) is 1.03. The Bertz CT molecular complexity index is 659. The Morgan fingerprint density at radius 3 is 2.86 bits per heavy atom. The lowest BCUT2D eigenvalue weighted by atomic mass is 9.79. The van der Waals surface area contributed by atoms with Crippen molar-refractivity contribution in [3.05, 3.63) is 46.5 Å². The molecule has 1 aromatic heterocycles. The van der Waals surface area contributed by atoms with E-state index >= 15 is 0 Å². The second-order valence-corrected chi connectivity index (χ2v) is 8.20. The molecule has 0 saturated carbocycles. The standard InChI is InChI=1S/C15H17Cl2N3OS/c1-14(5-2-6-22-14)15(21,8-20-10-18-9-19-20)12-4-3-11(16)7-13(12)17/h3-4,7,9-10,21H,2,5-6,8H2,1H3/t14-,15+/m1/s1. The lowest BCUT2D eigenvalue weighted by Gasteiger charge is -2.42. The largest absolute Gasteiger partial charge is 0.382 e. The van der Waals surface area contributed by atoms with E-state index in [1.807, 2.05) is 6.07 Å². The SMILES string of the molecule is C[C@]1([C@](O)(Cn2cncn2)c2ccc(Cl)cc2Cl)CCCS1. The van der Waals surface area contributed by atoms with Crippen LogP contribution in [-0.2, 0) is 12.1 Å². The Hall–Kier alpha value is -0.750. The van der Waals surface area contributed by atoms with E-state index in [0.717, 1.165) is 18.6 Å². The number of aromatic nitrogens is 3. The fourth-order valence-corrected chi connectivity index (χ4v) is 5.02. The van der Waals surface area contributed by atoms with Crippen molar-refractivity contribution >= 4 is 35.0 Å². The summed E-state index contributed by atoms with van der Waals surface area (Å²) in [6.45, 7) is 2.39. The molecule has 4 nitrogen and oxygen atoms in total. The number of aliphatic hydroxyl groups is 1. The second-order valence-electron chi connectivity index (χ2n) is 5.76. The van der Waals surface area contributed by atoms with Crippen molar-refractivity contribution in [2.45, 2.75) is 36.7 Å². The maximum absolute atomic E-state index is 11.6. The number of hydrogen-bond donors (Lipinski definition) is 1. The zero-order valence-corrected chi connectivity index (χ0v) is 14.5. The average Bonchev–Trinajstić information content (AvgIpc) is 3.11. The highest BCUT2D eigenvalue weighted by Gasteiger charge is 2.51. The predicted octanol–water partition coefficient (Wildman–Crippen LogP) is 3.76. The van der Waals surface area contributed by atoms with Crippen molar-refractivity contribution in [1.29, 1.82) is 0 Å². The normalized spacial score (nSPS) is 24.4. The van der Waals surface area contributed by atoms with Gasteiger partial charge >= 0.3 is 0 Å². The van der Waals surface area contributed by atoms with Gasteiger partial charge in [0, 0.05) is 20.4 Å². The summed E-state index contributed by atoms with van der Waals surface area (Å²) < 4.78 is 1.31. The van der Waals surface area contributed by atoms with Gasteiger partial charge in [-0.3, -0.25) is 0 Å². The van der Waals surface area contributed by atoms with Gasteiger partial charge < -0.3 is 5.11 Å². The topological polar surface area (TPSA) is 50.9 Å². The van der Waals surface area contributed by atoms with Crippen molar-refractivity contribution < 1.29 is 5.11 Å². The Kier molecular flexibility index (Phi) is 4.42. The third kappa shape index (κ3) is 2.75. The first-order chi connectivity index (χ1) is 10.4. The summed E-state index contributed by atoms with van der Waals surface area (Å²) in [5.41, 5.74) is -0.463. The molecule has 0 spiro atoms. The van der Waals surface area contributed by atoms with Gasteiger partial charge in [-0.2, -0.15) is 16.9 Å². The Morgan fingerprint density at radius 2 is 2.27 bits per heavy atom. The summed E-state index contributed by atoms with van der Waals surface area (Å²) >= 11 is 14.2. The molecule has 0 radical (unpaired) electrons. The van der Waals surface area contributed by atoms with Gasteiger partial charge in [-0.15, -0.1) is 0 Å². The van der Waals surface area contributed by atoms with E-state index in [9.17, 15) is 5.11 Å². The monoisotopic (exact) mass is 357 g/mol. The molecule has 2 aromatic rings. The summed E-state index contributed by atoms with van der Waals surface area (Å²) in [4.78, 5) is 3.97. The summed E-state index contributed by atoms with van der Waals surface area (Å²) in [6, 6.07) is 5.25. The number of halogens is 2. The van der Waals surface area contributed by atoms with E-state index < -0.39 is 5.60 Å². The van der Waals surface area contributed by atoms with Crippen molar-refractivity contribution in [2.24, 2.45) is 0 Å². The molecule has 2 heterocycles. The van der Waals surface area contributed by atoms with Crippen LogP contribution in [0.5, 0.6) is 0 Å². The molecule has 1 aliphatic heterocycles. The van der Waals surface area contributed by atoms with Gasteiger partial charge in [0.25, 0.3) is 0 Å². The molecule has 1 aliphatic rings. The molecule has 2 atom stereocenters. The average molecular weight is 358 g/mol. The van der Waals surface area contributed by atoms with Gasteiger partial charge in [-0.05, 0) is 37.7 Å². The van der Waals surface area contributed by atoms with Crippen molar-refractivity contribution in [3.8, 4) is 0 Å². The van der Waals surface area contributed by atoms with Gasteiger partial charge in [0.15, 0.2) is 0 Å². The van der Waals surface area contributed by atoms with Crippen LogP contribution in [0.15, 0.2) is 30.9 Å². The summed E-state index contributed by atoms with van der Waals surface area (Å²) in [6.07, 6.45) is 5.07. The highest BCUT2D eigenvalue weighted by Crippen LogP contribution is 2.52. The van der Waals surface area contributed by atoms with Gasteiger partial charge in [0.05, 0.1) is 6.54 Å². The van der Waals surface area contributed by atoms with Gasteiger partial charge in [-0.1, -0.05) is 29.3 Å². The number of nitrogens with zero attached hydrogens (tertiary/aromatic N) is 3. The molecular weight excluding hydrogens is 341 g/mol. The zero-order valence-electron chi connectivity index (χ0n) is 12.2. The first kappa shape index (κ1) is 16.1. The van der Waals surface area contributed by atoms with Crippen molar-refractivity contribution in [2.75, 3.05) is 5.75 Å². The number of thioether (sulfide) groups is 1. The van der Waals surface area contributed by atoms with Crippen LogP contribution in [-0.4, -0.2) is 30.4 Å². The molecule has 0 unspecified atom stereocenters. The zero-order chi connectivity index (χ0) is 15.8. The van der Waals surface area contributed by atoms with Crippen LogP contribution in [0.4, 0.5) is 0 Å². The van der Waals surface area contributed by atoms with Crippen LogP contribution in [0.2, 0.25) is 10.0 Å². The molecule has 1 fully saturated rings. The predicted molar refractivity (Wildman–Crippen MR) is 90.5 cm³/mol. The molecule has 0 amide bonds. The third-order valence-electron chi connectivity index (χ3n) is 4.33. The molecule has 0 bridgehead atoms. The van der Waals surface area contributed by atoms with E-state index in [4.69, 9.17) is 23.2 Å². The number of rotatable bonds is 4. The minimum Gasteiger partial charge on any atom is -0.382 e. The van der Waals surface area contributed by atoms with Gasteiger partial charge in [-0.25, -0.2) is 9.67 Å². The maximum Gasteiger partial charge on any atom is 0.137 e. The first-order valence-corrected chi connectivity index (χ1v) is 8.83. The molecule has 1 N–H and O–H groups in total. The molecule has 1 aromatic carbocycles. The minimum absolute atomic E-state index is 0.303. The second kappa shape index (κ2) is 6.04. The fourth-order valence-electron chi connectivity index (χ4n) is 3.02. The van der Waals surface area contributed by atoms with Crippen molar-refractivity contribution in [1.82, 2.24) is 14.8 Å². The molecular formula is C15H17Cl2N3OS. The molecule has 22 heavy (non-hydrogen) atoms. The van der Waals surface area contributed by atoms with Crippen LogP contribution in [0, 0.1) is 0 Å². The molecule has 3 rings (SSSR count). The Morgan fingerprint density at radius 1 is 1.45 bits per heavy atom. The van der Waals surface area contributed by atoms with E-state index in [0.29, 0.717) is 22.2 Å². The fraction of sp³-hybridized carbons (Fsp3) is 0.467. The quantitative estimate of drug-likeness (QED) is 0.904. The van der Waals surface area contributed by atoms with E-state index in [1.54, 1.807) is 34.9 Å². The smallest absolute Gasteiger partial charge is 0.137 e. The summed E-state index contributed by atoms with van der Waals surface area (Å²) in [7, 11) is 0. The van der Waals surface area contributed by atoms with Gasteiger partial charge in [0.1, 0.15) is 18.3 Å². The Labute approximate surface area is 143 Å². The van der Waals surface area contributed by atoms with Crippen LogP contribution in [0.1, 0.15) is 25.3 Å². The highest BCUT2D eigenvalue weighted by atomic mass is 35.5. The number of benzene rings is 1. The van der Waals surface area contributed by atoms with Crippen molar-refractivity contribution in [3.63, 3.8) is 0 Å². The van der Waals surface area contributed by atoms with Crippen LogP contribution < -0.4 is 0 Å². The van der Waals surface area contributed by atoms with Gasteiger partial charge in [0.2, 0.25) is 0 Å². The lowest BCUT2D eigenvalue weighted by molar-refractivity contribution is -0.0200. The van der Waals surface area contributed by atoms with E-state index in [1.165, 1.54) is 6.33 Å².